The van der Waals surface area contributed by atoms with E-state index >= 15 is 0 Å². The summed E-state index contributed by atoms with van der Waals surface area (Å²) < 4.78 is 37.6. The van der Waals surface area contributed by atoms with Gasteiger partial charge in [-0.3, -0.25) is 0 Å². The van der Waals surface area contributed by atoms with E-state index in [0.29, 0.717) is 17.7 Å². The summed E-state index contributed by atoms with van der Waals surface area (Å²) in [7, 11) is 0. The Morgan fingerprint density at radius 3 is 2.56 bits per heavy atom. The van der Waals surface area contributed by atoms with Crippen LogP contribution in [0.5, 0.6) is 0 Å². The van der Waals surface area contributed by atoms with E-state index in [9.17, 15) is 13.2 Å². The van der Waals surface area contributed by atoms with Crippen LogP contribution in [-0.2, 0) is 6.18 Å². The van der Waals surface area contributed by atoms with E-state index in [2.05, 4.69) is 40.4 Å². The predicted molar refractivity (Wildman–Crippen MR) is 64.5 cm³/mol. The van der Waals surface area contributed by atoms with Crippen LogP contribution in [-0.4, -0.2) is 5.75 Å². The topological polar surface area (TPSA) is 0 Å². The molecule has 0 aliphatic heterocycles. The molecule has 0 unspecified atom stereocenters. The molecule has 0 amide bonds. The molecule has 0 nitrogen and oxygen atoms in total. The van der Waals surface area contributed by atoms with Crippen LogP contribution in [0.1, 0.15) is 17.5 Å². The predicted octanol–water partition coefficient (Wildman–Crippen LogP) is 4.14. The number of rotatable bonds is 1. The number of thiol groups is 1. The van der Waals surface area contributed by atoms with E-state index in [0.717, 1.165) is 6.07 Å². The van der Waals surface area contributed by atoms with Gasteiger partial charge in [0.05, 0.1) is 5.56 Å². The van der Waals surface area contributed by atoms with Crippen molar-refractivity contribution < 1.29 is 13.2 Å². The molecule has 86 valence electrons. The first-order valence-electron chi connectivity index (χ1n) is 4.41. The van der Waals surface area contributed by atoms with Crippen molar-refractivity contribution in [3.05, 3.63) is 33.8 Å². The van der Waals surface area contributed by atoms with Crippen LogP contribution in [0.15, 0.2) is 22.7 Å². The molecule has 0 saturated carbocycles. The Morgan fingerprint density at radius 2 is 2.00 bits per heavy atom. The van der Waals surface area contributed by atoms with Crippen molar-refractivity contribution in [3.8, 4) is 11.8 Å². The standard InChI is InChI=1S/C11H8BrF3S/c12-10-5-4-8(3-1-2-6-16)7-9(10)11(13,14)15/h4-5,7,16H,2,6H2. The molecule has 0 radical (unpaired) electrons. The monoisotopic (exact) mass is 308 g/mol. The molecule has 16 heavy (non-hydrogen) atoms. The molecular weight excluding hydrogens is 301 g/mol. The lowest BCUT2D eigenvalue weighted by Gasteiger charge is -2.08. The summed E-state index contributed by atoms with van der Waals surface area (Å²) >= 11 is 6.83. The molecule has 0 saturated heterocycles. The lowest BCUT2D eigenvalue weighted by atomic mass is 10.1. The number of alkyl halides is 3. The second kappa shape index (κ2) is 5.65. The zero-order chi connectivity index (χ0) is 12.2. The zero-order valence-electron chi connectivity index (χ0n) is 8.11. The third-order valence-electron chi connectivity index (χ3n) is 1.74. The third kappa shape index (κ3) is 3.76. The van der Waals surface area contributed by atoms with E-state index in [1.807, 2.05) is 0 Å². The van der Waals surface area contributed by atoms with Crippen molar-refractivity contribution >= 4 is 28.6 Å². The Hall–Kier alpha value is -0.600. The maximum atomic E-state index is 12.5. The molecule has 5 heteroatoms. The molecule has 0 aromatic heterocycles. The Morgan fingerprint density at radius 1 is 1.31 bits per heavy atom. The summed E-state index contributed by atoms with van der Waals surface area (Å²) in [6.07, 6.45) is -3.80. The lowest BCUT2D eigenvalue weighted by molar-refractivity contribution is -0.138. The molecule has 0 fully saturated rings. The molecule has 1 aromatic carbocycles. The fourth-order valence-electron chi connectivity index (χ4n) is 1.04. The van der Waals surface area contributed by atoms with E-state index in [1.54, 1.807) is 6.07 Å². The first-order valence-corrected chi connectivity index (χ1v) is 5.84. The summed E-state index contributed by atoms with van der Waals surface area (Å²) in [6, 6.07) is 3.94. The van der Waals surface area contributed by atoms with Gasteiger partial charge in [0.2, 0.25) is 0 Å². The van der Waals surface area contributed by atoms with Crippen LogP contribution in [0.4, 0.5) is 13.2 Å². The number of benzene rings is 1. The molecule has 1 aromatic rings. The Kier molecular flexibility index (Phi) is 4.75. The van der Waals surface area contributed by atoms with Gasteiger partial charge in [-0.05, 0) is 18.2 Å². The van der Waals surface area contributed by atoms with Gasteiger partial charge in [0.1, 0.15) is 0 Å². The van der Waals surface area contributed by atoms with E-state index < -0.39 is 11.7 Å². The summed E-state index contributed by atoms with van der Waals surface area (Å²) in [4.78, 5) is 0. The second-order valence-corrected chi connectivity index (χ2v) is 4.27. The quantitative estimate of drug-likeness (QED) is 0.585. The highest BCUT2D eigenvalue weighted by atomic mass is 79.9. The van der Waals surface area contributed by atoms with Crippen LogP contribution in [0.2, 0.25) is 0 Å². The van der Waals surface area contributed by atoms with Gasteiger partial charge >= 0.3 is 6.18 Å². The van der Waals surface area contributed by atoms with E-state index in [4.69, 9.17) is 0 Å². The number of hydrogen-bond acceptors (Lipinski definition) is 1. The Labute approximate surface area is 106 Å². The summed E-state index contributed by atoms with van der Waals surface area (Å²) in [6.45, 7) is 0. The zero-order valence-corrected chi connectivity index (χ0v) is 10.6. The van der Waals surface area contributed by atoms with Gasteiger partial charge in [-0.15, -0.1) is 0 Å². The highest BCUT2D eigenvalue weighted by molar-refractivity contribution is 9.10. The van der Waals surface area contributed by atoms with Crippen LogP contribution >= 0.6 is 28.6 Å². The minimum absolute atomic E-state index is 0.0275. The van der Waals surface area contributed by atoms with Crippen LogP contribution in [0, 0.1) is 11.8 Å². The molecule has 0 atom stereocenters. The Balaban J connectivity index is 3.05. The summed E-state index contributed by atoms with van der Waals surface area (Å²) in [5, 5.41) is 0. The van der Waals surface area contributed by atoms with Gasteiger partial charge in [0, 0.05) is 22.2 Å². The van der Waals surface area contributed by atoms with Crippen LogP contribution in [0.25, 0.3) is 0 Å². The van der Waals surface area contributed by atoms with Gasteiger partial charge in [-0.2, -0.15) is 25.8 Å². The van der Waals surface area contributed by atoms with Gasteiger partial charge < -0.3 is 0 Å². The largest absolute Gasteiger partial charge is 0.417 e. The van der Waals surface area contributed by atoms with Crippen LogP contribution in [0.3, 0.4) is 0 Å². The van der Waals surface area contributed by atoms with Crippen molar-refractivity contribution in [2.45, 2.75) is 12.6 Å². The lowest BCUT2D eigenvalue weighted by Crippen LogP contribution is -2.06. The second-order valence-electron chi connectivity index (χ2n) is 2.97. The molecule has 0 N–H and O–H groups in total. The minimum Gasteiger partial charge on any atom is -0.178 e. The van der Waals surface area contributed by atoms with Gasteiger partial charge in [0.25, 0.3) is 0 Å². The average Bonchev–Trinajstić information content (AvgIpc) is 2.19. The molecule has 1 rings (SSSR count). The van der Waals surface area contributed by atoms with E-state index in [1.165, 1.54) is 6.07 Å². The molecule has 0 aliphatic rings. The summed E-state index contributed by atoms with van der Waals surface area (Å²) in [5.41, 5.74) is -0.345. The van der Waals surface area contributed by atoms with Crippen molar-refractivity contribution in [3.63, 3.8) is 0 Å². The highest BCUT2D eigenvalue weighted by Crippen LogP contribution is 2.35. The van der Waals surface area contributed by atoms with Gasteiger partial charge in [0.15, 0.2) is 0 Å². The molecule has 0 bridgehead atoms. The first kappa shape index (κ1) is 13.5. The maximum Gasteiger partial charge on any atom is 0.417 e. The molecule has 0 heterocycles. The normalized spacial score (nSPS) is 10.8. The molecular formula is C11H8BrF3S. The van der Waals surface area contributed by atoms with Crippen molar-refractivity contribution in [1.29, 1.82) is 0 Å². The van der Waals surface area contributed by atoms with Crippen LogP contribution < -0.4 is 0 Å². The highest BCUT2D eigenvalue weighted by Gasteiger charge is 2.32. The average molecular weight is 309 g/mol. The number of halogens is 4. The fraction of sp³-hybridized carbons (Fsp3) is 0.273. The van der Waals surface area contributed by atoms with Gasteiger partial charge in [-0.1, -0.05) is 27.8 Å². The van der Waals surface area contributed by atoms with Crippen molar-refractivity contribution in [1.82, 2.24) is 0 Å². The van der Waals surface area contributed by atoms with Crippen molar-refractivity contribution in [2.24, 2.45) is 0 Å². The van der Waals surface area contributed by atoms with E-state index in [-0.39, 0.29) is 4.47 Å². The smallest absolute Gasteiger partial charge is 0.178 e. The third-order valence-corrected chi connectivity index (χ3v) is 2.66. The fourth-order valence-corrected chi connectivity index (χ4v) is 1.62. The minimum atomic E-state index is -4.36. The first-order chi connectivity index (χ1) is 7.45. The summed E-state index contributed by atoms with van der Waals surface area (Å²) in [5.74, 6) is 6.00. The SMILES string of the molecule is FC(F)(F)c1cc(C#CCCS)ccc1Br. The molecule has 0 spiro atoms. The van der Waals surface area contributed by atoms with Gasteiger partial charge in [-0.25, -0.2) is 0 Å². The number of hydrogen-bond donors (Lipinski definition) is 1. The maximum absolute atomic E-state index is 12.5. The van der Waals surface area contributed by atoms with Crippen molar-refractivity contribution in [2.75, 3.05) is 5.75 Å². The Bertz CT molecular complexity index is 429. The molecule has 0 aliphatic carbocycles.